The second-order valence-electron chi connectivity index (χ2n) is 5.89. The van der Waals surface area contributed by atoms with Crippen LogP contribution in [-0.4, -0.2) is 68.4 Å². The summed E-state index contributed by atoms with van der Waals surface area (Å²) in [6, 6.07) is 3.19. The fourth-order valence-electron chi connectivity index (χ4n) is 3.07. The van der Waals surface area contributed by atoms with E-state index in [0.29, 0.717) is 11.1 Å². The van der Waals surface area contributed by atoms with Gasteiger partial charge in [-0.1, -0.05) is 0 Å². The molecule has 10 nitrogen and oxygen atoms in total. The Labute approximate surface area is 160 Å². The Morgan fingerprint density at radius 3 is 1.75 bits per heavy atom. The largest absolute Gasteiger partial charge is 0.467 e. The minimum absolute atomic E-state index is 0.258. The molecule has 0 radical (unpaired) electrons. The molecule has 0 aliphatic carbocycles. The lowest BCUT2D eigenvalue weighted by Crippen LogP contribution is -2.73. The van der Waals surface area contributed by atoms with Gasteiger partial charge in [-0.3, -0.25) is 10.3 Å². The molecular weight excluding hydrogens is 372 g/mol. The predicted molar refractivity (Wildman–Crippen MR) is 93.5 cm³/mol. The standard InChI is InChI=1S/C18H20N2O8/c1-25-13(21)17(14(22)26-2)9-12(11-5-7-19-8-6-11)10-18(20-17,15(23)27-3)16(24)28-4/h5-9,20H,10H2,1-4H3. The first-order chi connectivity index (χ1) is 13.3. The molecule has 0 fully saturated rings. The summed E-state index contributed by atoms with van der Waals surface area (Å²) in [6.07, 6.45) is 3.96. The zero-order chi connectivity index (χ0) is 20.9. The molecule has 2 heterocycles. The lowest BCUT2D eigenvalue weighted by Gasteiger charge is -2.41. The number of nitrogens with zero attached hydrogens (tertiary/aromatic N) is 1. The van der Waals surface area contributed by atoms with Crippen molar-refractivity contribution in [3.05, 3.63) is 36.2 Å². The van der Waals surface area contributed by atoms with Crippen molar-refractivity contribution in [1.29, 1.82) is 0 Å². The summed E-state index contributed by atoms with van der Waals surface area (Å²) >= 11 is 0. The Balaban J connectivity index is 2.83. The van der Waals surface area contributed by atoms with Gasteiger partial charge in [-0.25, -0.2) is 19.2 Å². The van der Waals surface area contributed by atoms with Crippen molar-refractivity contribution >= 4 is 29.5 Å². The van der Waals surface area contributed by atoms with Crippen LogP contribution in [-0.2, 0) is 38.1 Å². The van der Waals surface area contributed by atoms with Crippen LogP contribution in [0.1, 0.15) is 12.0 Å². The minimum atomic E-state index is -2.29. The van der Waals surface area contributed by atoms with Crippen molar-refractivity contribution in [3.8, 4) is 0 Å². The topological polar surface area (TPSA) is 130 Å². The maximum absolute atomic E-state index is 12.6. The minimum Gasteiger partial charge on any atom is -0.467 e. The van der Waals surface area contributed by atoms with Crippen molar-refractivity contribution in [2.45, 2.75) is 17.5 Å². The highest BCUT2D eigenvalue weighted by Gasteiger charge is 2.62. The molecule has 2 rings (SSSR count). The summed E-state index contributed by atoms with van der Waals surface area (Å²) in [7, 11) is 4.25. The number of methoxy groups -OCH3 is 4. The number of aromatic nitrogens is 1. The van der Waals surface area contributed by atoms with Crippen LogP contribution < -0.4 is 5.32 Å². The van der Waals surface area contributed by atoms with Crippen molar-refractivity contribution < 1.29 is 38.1 Å². The summed E-state index contributed by atoms with van der Waals surface area (Å²) in [6.45, 7) is 0. The molecule has 0 amide bonds. The van der Waals surface area contributed by atoms with E-state index in [0.717, 1.165) is 28.4 Å². The van der Waals surface area contributed by atoms with Gasteiger partial charge in [0.25, 0.3) is 0 Å². The molecular formula is C18H20N2O8. The second kappa shape index (κ2) is 8.17. The van der Waals surface area contributed by atoms with Crippen molar-refractivity contribution in [3.63, 3.8) is 0 Å². The lowest BCUT2D eigenvalue weighted by molar-refractivity contribution is -0.170. The highest BCUT2D eigenvalue weighted by atomic mass is 16.6. The van der Waals surface area contributed by atoms with E-state index < -0.39 is 35.0 Å². The van der Waals surface area contributed by atoms with Crippen LogP contribution in [0.15, 0.2) is 30.6 Å². The number of carbonyl (C=O) groups excluding carboxylic acids is 4. The number of carbonyl (C=O) groups is 4. The van der Waals surface area contributed by atoms with E-state index in [4.69, 9.17) is 18.9 Å². The van der Waals surface area contributed by atoms with Crippen molar-refractivity contribution in [2.75, 3.05) is 28.4 Å². The Morgan fingerprint density at radius 1 is 0.857 bits per heavy atom. The van der Waals surface area contributed by atoms with E-state index in [2.05, 4.69) is 10.3 Å². The van der Waals surface area contributed by atoms with E-state index in [-0.39, 0.29) is 6.42 Å². The molecule has 1 aliphatic heterocycles. The third kappa shape index (κ3) is 3.33. The average molecular weight is 392 g/mol. The molecule has 0 unspecified atom stereocenters. The first kappa shape index (κ1) is 21.0. The number of pyridine rings is 1. The monoisotopic (exact) mass is 392 g/mol. The molecule has 1 aromatic rings. The van der Waals surface area contributed by atoms with Crippen molar-refractivity contribution in [2.24, 2.45) is 0 Å². The number of rotatable bonds is 5. The fraction of sp³-hybridized carbons (Fsp3) is 0.389. The third-order valence-electron chi connectivity index (χ3n) is 4.39. The van der Waals surface area contributed by atoms with Gasteiger partial charge in [0, 0.05) is 18.8 Å². The molecule has 150 valence electrons. The summed E-state index contributed by atoms with van der Waals surface area (Å²) in [5.74, 6) is -4.25. The summed E-state index contributed by atoms with van der Waals surface area (Å²) < 4.78 is 19.1. The average Bonchev–Trinajstić information content (AvgIpc) is 2.76. The summed E-state index contributed by atoms with van der Waals surface area (Å²) in [5, 5.41) is 2.49. The zero-order valence-electron chi connectivity index (χ0n) is 15.8. The number of hydrogen-bond acceptors (Lipinski definition) is 10. The molecule has 0 bridgehead atoms. The van der Waals surface area contributed by atoms with Crippen LogP contribution in [0.3, 0.4) is 0 Å². The van der Waals surface area contributed by atoms with Gasteiger partial charge >= 0.3 is 23.9 Å². The Hall–Kier alpha value is -3.27. The first-order valence-corrected chi connectivity index (χ1v) is 8.06. The van der Waals surface area contributed by atoms with Gasteiger partial charge in [-0.05, 0) is 29.3 Å². The van der Waals surface area contributed by atoms with Crippen LogP contribution in [0.25, 0.3) is 5.57 Å². The van der Waals surface area contributed by atoms with Crippen LogP contribution in [0.5, 0.6) is 0 Å². The Kier molecular flexibility index (Phi) is 6.14. The fourth-order valence-corrected chi connectivity index (χ4v) is 3.07. The lowest BCUT2D eigenvalue weighted by atomic mass is 9.77. The Bertz CT molecular complexity index is 786. The van der Waals surface area contributed by atoms with Crippen LogP contribution in [0, 0.1) is 0 Å². The summed E-state index contributed by atoms with van der Waals surface area (Å²) in [5.41, 5.74) is -3.65. The van der Waals surface area contributed by atoms with E-state index >= 15 is 0 Å². The van der Waals surface area contributed by atoms with Crippen LogP contribution in [0.2, 0.25) is 0 Å². The molecule has 10 heteroatoms. The van der Waals surface area contributed by atoms with Gasteiger partial charge in [-0.2, -0.15) is 0 Å². The maximum atomic E-state index is 12.6. The van der Waals surface area contributed by atoms with Gasteiger partial charge in [0.1, 0.15) is 0 Å². The predicted octanol–water partition coefficient (Wildman–Crippen LogP) is -0.372. The van der Waals surface area contributed by atoms with E-state index in [1.165, 1.54) is 18.5 Å². The molecule has 1 aromatic heterocycles. The highest BCUT2D eigenvalue weighted by molar-refractivity contribution is 6.14. The normalized spacial score (nSPS) is 16.9. The van der Waals surface area contributed by atoms with Gasteiger partial charge in [0.2, 0.25) is 11.1 Å². The molecule has 1 aliphatic rings. The number of nitrogens with one attached hydrogen (secondary N) is 1. The zero-order valence-corrected chi connectivity index (χ0v) is 15.8. The van der Waals surface area contributed by atoms with Gasteiger partial charge in [0.05, 0.1) is 28.4 Å². The first-order valence-electron chi connectivity index (χ1n) is 8.06. The SMILES string of the molecule is COC(=O)C1(C(=O)OC)C=C(c2ccncc2)CC(C(=O)OC)(C(=O)OC)N1. The van der Waals surface area contributed by atoms with E-state index in [1.54, 1.807) is 12.1 Å². The van der Waals surface area contributed by atoms with E-state index in [1.807, 2.05) is 0 Å². The van der Waals surface area contributed by atoms with Crippen molar-refractivity contribution in [1.82, 2.24) is 10.3 Å². The van der Waals surface area contributed by atoms with Crippen LogP contribution >= 0.6 is 0 Å². The smallest absolute Gasteiger partial charge is 0.341 e. The van der Waals surface area contributed by atoms with Crippen LogP contribution in [0.4, 0.5) is 0 Å². The number of ether oxygens (including phenoxy) is 4. The molecule has 0 atom stereocenters. The molecule has 0 saturated carbocycles. The second-order valence-corrected chi connectivity index (χ2v) is 5.89. The summed E-state index contributed by atoms with van der Waals surface area (Å²) in [4.78, 5) is 54.5. The molecule has 28 heavy (non-hydrogen) atoms. The molecule has 0 saturated heterocycles. The van der Waals surface area contributed by atoms with Gasteiger partial charge < -0.3 is 18.9 Å². The maximum Gasteiger partial charge on any atom is 0.341 e. The molecule has 1 N–H and O–H groups in total. The number of esters is 4. The van der Waals surface area contributed by atoms with Gasteiger partial charge in [0.15, 0.2) is 0 Å². The highest BCUT2D eigenvalue weighted by Crippen LogP contribution is 2.37. The Morgan fingerprint density at radius 2 is 1.32 bits per heavy atom. The van der Waals surface area contributed by atoms with E-state index in [9.17, 15) is 19.2 Å². The third-order valence-corrected chi connectivity index (χ3v) is 4.39. The quantitative estimate of drug-likeness (QED) is 0.402. The number of hydrogen-bond donors (Lipinski definition) is 1. The molecule has 0 spiro atoms. The molecule has 0 aromatic carbocycles. The van der Waals surface area contributed by atoms with Gasteiger partial charge in [-0.15, -0.1) is 0 Å².